The molecule has 3 aromatic heterocycles. The molecule has 4 nitrogen and oxygen atoms in total. The molecule has 3 heterocycles. The van der Waals surface area contributed by atoms with Gasteiger partial charge in [0.1, 0.15) is 0 Å². The third kappa shape index (κ3) is 7.57. The van der Waals surface area contributed by atoms with Gasteiger partial charge in [0, 0.05) is 38.0 Å². The van der Waals surface area contributed by atoms with Crippen LogP contribution in [0.4, 0.5) is 0 Å². The molecule has 0 unspecified atom stereocenters. The summed E-state index contributed by atoms with van der Waals surface area (Å²) in [7, 11) is 4.52. The normalized spacial score (nSPS) is 12.1. The molecule has 6 aromatic rings. The number of hydrogen-bond donors (Lipinski definition) is 1. The first-order valence-electron chi connectivity index (χ1n) is 16.9. The predicted molar refractivity (Wildman–Crippen MR) is 204 cm³/mol. The second kappa shape index (κ2) is 16.1. The second-order valence-electron chi connectivity index (χ2n) is 13.4. The van der Waals surface area contributed by atoms with Crippen molar-refractivity contribution in [2.75, 3.05) is 0 Å². The fourth-order valence-corrected chi connectivity index (χ4v) is 11.0. The third-order valence-electron chi connectivity index (χ3n) is 9.39. The van der Waals surface area contributed by atoms with Crippen molar-refractivity contribution in [3.63, 3.8) is 0 Å². The molecular formula is C41H47GeIrN2O2S-. The molecular weight excluding hydrogens is 849 g/mol. The Kier molecular flexibility index (Phi) is 12.7. The van der Waals surface area contributed by atoms with E-state index < -0.39 is 13.3 Å². The van der Waals surface area contributed by atoms with Gasteiger partial charge in [-0.1, -0.05) is 27.7 Å². The fourth-order valence-electron chi connectivity index (χ4n) is 6.53. The predicted octanol–water partition coefficient (Wildman–Crippen LogP) is 10.6. The number of hydrogen-bond acceptors (Lipinski definition) is 4. The number of aliphatic hydroxyl groups excluding tert-OH is 1. The number of aromatic nitrogens is 2. The maximum atomic E-state index is 11.7. The second-order valence-corrected chi connectivity index (χ2v) is 24.9. The molecule has 6 rings (SSSR count). The van der Waals surface area contributed by atoms with Gasteiger partial charge in [-0.3, -0.25) is 4.79 Å². The van der Waals surface area contributed by atoms with Crippen molar-refractivity contribution < 1.29 is 34.6 Å². The van der Waals surface area contributed by atoms with Crippen LogP contribution in [0, 0.1) is 24.9 Å². The van der Waals surface area contributed by atoms with E-state index in [-0.39, 0.29) is 43.5 Å². The van der Waals surface area contributed by atoms with E-state index >= 15 is 0 Å². The van der Waals surface area contributed by atoms with E-state index in [9.17, 15) is 9.90 Å². The van der Waals surface area contributed by atoms with Gasteiger partial charge in [-0.05, 0) is 25.7 Å². The van der Waals surface area contributed by atoms with Gasteiger partial charge in [0.05, 0.1) is 5.76 Å². The number of rotatable bonds is 9. The van der Waals surface area contributed by atoms with Crippen molar-refractivity contribution in [1.29, 1.82) is 0 Å². The molecule has 253 valence electrons. The van der Waals surface area contributed by atoms with Crippen LogP contribution in [0.3, 0.4) is 0 Å². The zero-order chi connectivity index (χ0) is 33.9. The summed E-state index contributed by atoms with van der Waals surface area (Å²) in [5.74, 6) is 7.97. The van der Waals surface area contributed by atoms with Crippen molar-refractivity contribution in [2.24, 2.45) is 11.8 Å². The van der Waals surface area contributed by atoms with Gasteiger partial charge < -0.3 is 5.11 Å². The molecule has 1 radical (unpaired) electrons. The Morgan fingerprint density at radius 3 is 2.27 bits per heavy atom. The number of fused-ring (bicyclic) bond motifs is 6. The van der Waals surface area contributed by atoms with E-state index in [1.54, 1.807) is 11.3 Å². The zero-order valence-corrected chi connectivity index (χ0v) is 34.5. The average molecular weight is 897 g/mol. The maximum Gasteiger partial charge on any atom is 0 e. The monoisotopic (exact) mass is 898 g/mol. The quantitative estimate of drug-likeness (QED) is 0.0393. The number of ketones is 1. The van der Waals surface area contributed by atoms with Crippen LogP contribution in [0.15, 0.2) is 84.8 Å². The smallest absolute Gasteiger partial charge is 0 e. The topological polar surface area (TPSA) is 54.1 Å². The van der Waals surface area contributed by atoms with Crippen LogP contribution < -0.4 is 8.96 Å². The SMILES string of the molecule is CCC(CC)C(=O)/C=C(\O)C(CC)CC.[CH2-][n+]1c(-c2[c-]ccc3c2sc2ncccc23)c[c]([Ge]([CH3])([CH3])[CH3])c2c3ccccc3ccc21.[Ir]. The molecule has 0 atom stereocenters. The number of pyridine rings is 2. The van der Waals surface area contributed by atoms with Crippen LogP contribution in [-0.2, 0) is 24.9 Å². The van der Waals surface area contributed by atoms with Gasteiger partial charge in [0.25, 0.3) is 0 Å². The summed E-state index contributed by atoms with van der Waals surface area (Å²) in [5, 5.41) is 16.2. The van der Waals surface area contributed by atoms with Crippen LogP contribution in [-0.4, -0.2) is 29.1 Å². The first kappa shape index (κ1) is 37.8. The summed E-state index contributed by atoms with van der Waals surface area (Å²) >= 11 is -0.494. The Balaban J connectivity index is 0.000000279. The molecule has 0 fully saturated rings. The van der Waals surface area contributed by atoms with E-state index in [4.69, 9.17) is 0 Å². The molecule has 0 saturated heterocycles. The average Bonchev–Trinajstić information content (AvgIpc) is 3.45. The van der Waals surface area contributed by atoms with Crippen LogP contribution in [0.1, 0.15) is 53.4 Å². The van der Waals surface area contributed by atoms with Crippen molar-refractivity contribution in [3.05, 3.63) is 97.9 Å². The van der Waals surface area contributed by atoms with Gasteiger partial charge in [-0.2, -0.15) is 0 Å². The Morgan fingerprint density at radius 1 is 0.938 bits per heavy atom. The first-order valence-corrected chi connectivity index (χ1v) is 25.0. The molecule has 1 N–H and O–H groups in total. The van der Waals surface area contributed by atoms with Crippen LogP contribution in [0.5, 0.6) is 0 Å². The standard InChI is InChI=1S/C28H23GeN2S.C13H24O2.Ir/c1-29(2,3)23-17-25(31(4)24-15-14-18-9-5-6-10-19(18)26(23)24)22-12-7-11-20-21-13-8-16-30-28(21)32-27(20)22;1-5-10(6-2)12(14)9-13(15)11(7-3)8-4;/h5-11,13-17H,4H2,1-3H3;9-11,14H,5-8H2,1-4H3;/q-1;;/b;12-9-;. The summed E-state index contributed by atoms with van der Waals surface area (Å²) in [6.45, 7) is 8.07. The number of allylic oxidation sites excluding steroid dienone is 2. The molecule has 7 heteroatoms. The molecule has 0 aliphatic heterocycles. The van der Waals surface area contributed by atoms with Crippen molar-refractivity contribution in [3.8, 4) is 11.3 Å². The summed E-state index contributed by atoms with van der Waals surface area (Å²) < 4.78 is 4.85. The van der Waals surface area contributed by atoms with Gasteiger partial charge in [-0.25, -0.2) is 0 Å². The zero-order valence-electron chi connectivity index (χ0n) is 29.2. The minimum Gasteiger partial charge on any atom is 0 e. The summed E-state index contributed by atoms with van der Waals surface area (Å²) in [6.07, 6.45) is 6.78. The minimum atomic E-state index is -2.24. The van der Waals surface area contributed by atoms with Gasteiger partial charge in [0.15, 0.2) is 5.78 Å². The number of thiophene rings is 1. The summed E-state index contributed by atoms with van der Waals surface area (Å²) in [5.41, 5.74) is 3.42. The van der Waals surface area contributed by atoms with Crippen molar-refractivity contribution in [2.45, 2.75) is 70.6 Å². The van der Waals surface area contributed by atoms with Gasteiger partial charge >= 0.3 is 195 Å². The van der Waals surface area contributed by atoms with Crippen LogP contribution >= 0.6 is 11.3 Å². The van der Waals surface area contributed by atoms with E-state index in [2.05, 4.69) is 94.5 Å². The number of benzene rings is 3. The summed E-state index contributed by atoms with van der Waals surface area (Å²) in [6, 6.07) is 27.5. The molecule has 0 bridgehead atoms. The molecule has 0 saturated carbocycles. The van der Waals surface area contributed by atoms with E-state index in [0.717, 1.165) is 41.8 Å². The van der Waals surface area contributed by atoms with Crippen LogP contribution in [0.25, 0.3) is 53.2 Å². The largest absolute Gasteiger partial charge is 0 e. The fraction of sp³-hybridized carbons (Fsp3) is 0.317. The molecule has 0 aliphatic carbocycles. The van der Waals surface area contributed by atoms with Crippen LogP contribution in [0.2, 0.25) is 17.3 Å². The van der Waals surface area contributed by atoms with Crippen molar-refractivity contribution >= 4 is 76.8 Å². The van der Waals surface area contributed by atoms with Gasteiger partial charge in [-0.15, -0.1) is 0 Å². The molecule has 3 aromatic carbocycles. The third-order valence-corrected chi connectivity index (χ3v) is 14.8. The van der Waals surface area contributed by atoms with Crippen molar-refractivity contribution in [1.82, 2.24) is 4.98 Å². The maximum absolute atomic E-state index is 11.7. The Morgan fingerprint density at radius 2 is 1.60 bits per heavy atom. The molecule has 48 heavy (non-hydrogen) atoms. The number of aliphatic hydroxyl groups is 1. The number of nitrogens with zero attached hydrogens (tertiary/aromatic N) is 2. The number of carbonyl (C=O) groups is 1. The van der Waals surface area contributed by atoms with E-state index in [0.29, 0.717) is 0 Å². The molecule has 0 aliphatic rings. The van der Waals surface area contributed by atoms with Gasteiger partial charge in [0.2, 0.25) is 0 Å². The molecule has 0 spiro atoms. The summed E-state index contributed by atoms with van der Waals surface area (Å²) in [4.78, 5) is 17.4. The Hall–Kier alpha value is -3.03. The Labute approximate surface area is 306 Å². The Bertz CT molecular complexity index is 2090. The van der Waals surface area contributed by atoms with E-state index in [1.807, 2.05) is 46.0 Å². The molecule has 0 amide bonds. The van der Waals surface area contributed by atoms with E-state index in [1.165, 1.54) is 47.6 Å². The minimum absolute atomic E-state index is 0. The number of carbonyl (C=O) groups excluding carboxylic acids is 1. The first-order chi connectivity index (χ1) is 22.5.